The van der Waals surface area contributed by atoms with Gasteiger partial charge in [-0.05, 0) is 50.5 Å². The molecule has 2 aliphatic heterocycles. The van der Waals surface area contributed by atoms with Crippen LogP contribution in [0, 0.1) is 5.41 Å². The van der Waals surface area contributed by atoms with Crippen LogP contribution in [0.5, 0.6) is 0 Å². The first-order chi connectivity index (χ1) is 12.9. The van der Waals surface area contributed by atoms with Gasteiger partial charge in [-0.2, -0.15) is 0 Å². The molecule has 27 heavy (non-hydrogen) atoms. The molecule has 1 aliphatic carbocycles. The third-order valence-corrected chi connectivity index (χ3v) is 6.38. The fourth-order valence-electron chi connectivity index (χ4n) is 3.95. The van der Waals surface area contributed by atoms with E-state index in [1.54, 1.807) is 5.57 Å². The zero-order chi connectivity index (χ0) is 19.8. The lowest BCUT2D eigenvalue weighted by Gasteiger charge is -2.36. The molecule has 0 bridgehead atoms. The molecule has 3 aliphatic rings. The Kier molecular flexibility index (Phi) is 9.27. The lowest BCUT2D eigenvalue weighted by atomic mass is 9.75. The third-order valence-electron chi connectivity index (χ3n) is 6.38. The summed E-state index contributed by atoms with van der Waals surface area (Å²) in [7, 11) is 0. The molecule has 2 fully saturated rings. The van der Waals surface area contributed by atoms with E-state index in [-0.39, 0.29) is 5.79 Å². The summed E-state index contributed by atoms with van der Waals surface area (Å²) >= 11 is 0. The van der Waals surface area contributed by atoms with Crippen LogP contribution in [0.4, 0.5) is 0 Å². The minimum Gasteiger partial charge on any atom is -0.377 e. The van der Waals surface area contributed by atoms with Crippen LogP contribution in [0.1, 0.15) is 86.0 Å². The molecule has 3 rings (SSSR count). The molecule has 0 radical (unpaired) electrons. The van der Waals surface area contributed by atoms with Crippen molar-refractivity contribution in [3.8, 4) is 0 Å². The quantitative estimate of drug-likeness (QED) is 0.485. The van der Waals surface area contributed by atoms with E-state index in [0.29, 0.717) is 17.6 Å². The predicted octanol–water partition coefficient (Wildman–Crippen LogP) is 5.22. The SMILES string of the molecule is CCC1COC2(CC=C(C(C)(C)CC)CC2)O1.CCCNCC1CCCO1. The molecule has 0 aromatic heterocycles. The first-order valence-corrected chi connectivity index (χ1v) is 11.3. The first kappa shape index (κ1) is 22.9. The second kappa shape index (κ2) is 10.9. The topological polar surface area (TPSA) is 39.7 Å². The maximum absolute atomic E-state index is 6.07. The van der Waals surface area contributed by atoms with Crippen LogP contribution in [-0.2, 0) is 14.2 Å². The van der Waals surface area contributed by atoms with E-state index < -0.39 is 0 Å². The van der Waals surface area contributed by atoms with Gasteiger partial charge in [0, 0.05) is 26.0 Å². The van der Waals surface area contributed by atoms with Crippen LogP contribution in [0.15, 0.2) is 11.6 Å². The van der Waals surface area contributed by atoms with Gasteiger partial charge in [0.1, 0.15) is 0 Å². The molecule has 1 N–H and O–H groups in total. The monoisotopic (exact) mass is 381 g/mol. The summed E-state index contributed by atoms with van der Waals surface area (Å²) in [5.41, 5.74) is 1.92. The second-order valence-corrected chi connectivity index (χ2v) is 8.88. The average Bonchev–Trinajstić information content (AvgIpc) is 3.33. The molecule has 0 amide bonds. The van der Waals surface area contributed by atoms with E-state index in [9.17, 15) is 0 Å². The molecule has 4 nitrogen and oxygen atoms in total. The second-order valence-electron chi connectivity index (χ2n) is 8.88. The van der Waals surface area contributed by atoms with E-state index in [1.165, 1.54) is 25.7 Å². The molecule has 0 aromatic rings. The number of allylic oxidation sites excluding steroid dienone is 1. The van der Waals surface area contributed by atoms with Crippen molar-refractivity contribution in [2.45, 2.75) is 104 Å². The highest BCUT2D eigenvalue weighted by Gasteiger charge is 2.42. The Morgan fingerprint density at radius 2 is 2.04 bits per heavy atom. The van der Waals surface area contributed by atoms with Gasteiger partial charge in [-0.25, -0.2) is 0 Å². The Hall–Kier alpha value is -0.420. The van der Waals surface area contributed by atoms with Gasteiger partial charge >= 0.3 is 0 Å². The zero-order valence-electron chi connectivity index (χ0n) is 18.4. The fourth-order valence-corrected chi connectivity index (χ4v) is 3.95. The van der Waals surface area contributed by atoms with Gasteiger partial charge in [0.15, 0.2) is 5.79 Å². The molecule has 158 valence electrons. The van der Waals surface area contributed by atoms with Gasteiger partial charge in [-0.1, -0.05) is 46.3 Å². The molecule has 4 heteroatoms. The largest absolute Gasteiger partial charge is 0.377 e. The number of nitrogens with one attached hydrogen (secondary N) is 1. The molecule has 2 saturated heterocycles. The van der Waals surface area contributed by atoms with Crippen LogP contribution < -0.4 is 5.32 Å². The van der Waals surface area contributed by atoms with Crippen molar-refractivity contribution >= 4 is 0 Å². The minimum atomic E-state index is -0.284. The maximum Gasteiger partial charge on any atom is 0.172 e. The number of ether oxygens (including phenoxy) is 3. The van der Waals surface area contributed by atoms with Gasteiger partial charge in [-0.15, -0.1) is 0 Å². The standard InChI is InChI=1S/C15H26O2.C8H17NO/c1-5-13-11-16-15(17-13)9-7-12(8-10-15)14(3,4)6-2;1-2-5-9-7-8-4-3-6-10-8/h7,13H,5-6,8-11H2,1-4H3;8-9H,2-7H2,1H3. The van der Waals surface area contributed by atoms with Crippen LogP contribution in [-0.4, -0.2) is 44.3 Å². The van der Waals surface area contributed by atoms with Crippen molar-refractivity contribution in [1.29, 1.82) is 0 Å². The summed E-state index contributed by atoms with van der Waals surface area (Å²) in [5, 5.41) is 3.35. The number of hydrogen-bond acceptors (Lipinski definition) is 4. The summed E-state index contributed by atoms with van der Waals surface area (Å²) < 4.78 is 17.4. The van der Waals surface area contributed by atoms with Gasteiger partial charge in [0.25, 0.3) is 0 Å². The minimum absolute atomic E-state index is 0.284. The van der Waals surface area contributed by atoms with Crippen molar-refractivity contribution in [1.82, 2.24) is 5.32 Å². The average molecular weight is 382 g/mol. The summed E-state index contributed by atoms with van der Waals surface area (Å²) in [4.78, 5) is 0. The van der Waals surface area contributed by atoms with Gasteiger partial charge in [0.05, 0.1) is 18.8 Å². The van der Waals surface area contributed by atoms with Gasteiger partial charge in [-0.3, -0.25) is 0 Å². The van der Waals surface area contributed by atoms with E-state index in [2.05, 4.69) is 46.0 Å². The van der Waals surface area contributed by atoms with Crippen molar-refractivity contribution in [2.24, 2.45) is 5.41 Å². The van der Waals surface area contributed by atoms with Crippen LogP contribution in [0.2, 0.25) is 0 Å². The van der Waals surface area contributed by atoms with Crippen LogP contribution >= 0.6 is 0 Å². The van der Waals surface area contributed by atoms with Crippen molar-refractivity contribution in [3.63, 3.8) is 0 Å². The maximum atomic E-state index is 6.07. The summed E-state index contributed by atoms with van der Waals surface area (Å²) in [5.74, 6) is -0.284. The Bertz CT molecular complexity index is 457. The van der Waals surface area contributed by atoms with Gasteiger partial charge < -0.3 is 19.5 Å². The van der Waals surface area contributed by atoms with E-state index in [4.69, 9.17) is 14.2 Å². The lowest BCUT2D eigenvalue weighted by molar-refractivity contribution is -0.173. The van der Waals surface area contributed by atoms with Crippen molar-refractivity contribution < 1.29 is 14.2 Å². The lowest BCUT2D eigenvalue weighted by Crippen LogP contribution is -2.34. The molecule has 0 aromatic carbocycles. The summed E-state index contributed by atoms with van der Waals surface area (Å²) in [6.45, 7) is 15.2. The zero-order valence-corrected chi connectivity index (χ0v) is 18.4. The highest BCUT2D eigenvalue weighted by molar-refractivity contribution is 5.17. The van der Waals surface area contributed by atoms with Crippen LogP contribution in [0.3, 0.4) is 0 Å². The Labute approximate surface area is 167 Å². The number of rotatable bonds is 7. The third kappa shape index (κ3) is 6.85. The van der Waals surface area contributed by atoms with E-state index >= 15 is 0 Å². The van der Waals surface area contributed by atoms with Gasteiger partial charge in [0.2, 0.25) is 0 Å². The van der Waals surface area contributed by atoms with Crippen molar-refractivity contribution in [3.05, 3.63) is 11.6 Å². The normalized spacial score (nSPS) is 30.9. The Balaban J connectivity index is 0.000000223. The van der Waals surface area contributed by atoms with Crippen LogP contribution in [0.25, 0.3) is 0 Å². The molecule has 0 saturated carbocycles. The molecule has 3 atom stereocenters. The molecule has 3 unspecified atom stereocenters. The molecule has 2 heterocycles. The smallest absolute Gasteiger partial charge is 0.172 e. The summed E-state index contributed by atoms with van der Waals surface area (Å²) in [6, 6.07) is 0. The predicted molar refractivity (Wildman–Crippen MR) is 112 cm³/mol. The molecule has 1 spiro atoms. The van der Waals surface area contributed by atoms with Crippen molar-refractivity contribution in [2.75, 3.05) is 26.3 Å². The highest BCUT2D eigenvalue weighted by atomic mass is 16.7. The van der Waals surface area contributed by atoms with E-state index in [1.807, 2.05) is 0 Å². The Morgan fingerprint density at radius 3 is 2.56 bits per heavy atom. The first-order valence-electron chi connectivity index (χ1n) is 11.3. The Morgan fingerprint density at radius 1 is 1.22 bits per heavy atom. The fraction of sp³-hybridized carbons (Fsp3) is 0.913. The molecular weight excluding hydrogens is 338 g/mol. The van der Waals surface area contributed by atoms with E-state index in [0.717, 1.165) is 52.0 Å². The highest BCUT2D eigenvalue weighted by Crippen LogP contribution is 2.43. The number of hydrogen-bond donors (Lipinski definition) is 1. The molecular formula is C23H43NO3. The summed E-state index contributed by atoms with van der Waals surface area (Å²) in [6.07, 6.45) is 12.2.